The molecular formula is C26H20F2N4O7. The summed E-state index contributed by atoms with van der Waals surface area (Å²) in [5.74, 6) is -4.51. The number of furan rings is 1. The van der Waals surface area contributed by atoms with Crippen LogP contribution in [0.3, 0.4) is 0 Å². The Balaban J connectivity index is 1.41. The van der Waals surface area contributed by atoms with Gasteiger partial charge in [-0.05, 0) is 30.7 Å². The van der Waals surface area contributed by atoms with E-state index in [1.165, 1.54) is 43.2 Å². The molecule has 4 heterocycles. The maximum atomic E-state index is 15.2. The SMILES string of the molecule is COc1ccc2c(c1F)C(=O)N(C[C@]1(c3cc4cc([C@]5(C)NC(=O)CC5=O)c(F)cc4o3)NC(=O)NC1=O)C2. The van der Waals surface area contributed by atoms with Crippen LogP contribution in [0, 0.1) is 11.6 Å². The molecule has 3 aliphatic rings. The Hall–Kier alpha value is -4.81. The van der Waals surface area contributed by atoms with Gasteiger partial charge in [-0.1, -0.05) is 6.07 Å². The van der Waals surface area contributed by atoms with E-state index < -0.39 is 65.2 Å². The van der Waals surface area contributed by atoms with Crippen LogP contribution in [0.2, 0.25) is 0 Å². The Morgan fingerprint density at radius 2 is 1.85 bits per heavy atom. The zero-order chi connectivity index (χ0) is 27.9. The third kappa shape index (κ3) is 3.42. The second kappa shape index (κ2) is 8.09. The van der Waals surface area contributed by atoms with Gasteiger partial charge in [0.15, 0.2) is 22.9 Å². The lowest BCUT2D eigenvalue weighted by Gasteiger charge is -2.29. The van der Waals surface area contributed by atoms with Gasteiger partial charge in [0.05, 0.1) is 25.6 Å². The van der Waals surface area contributed by atoms with Gasteiger partial charge >= 0.3 is 6.03 Å². The van der Waals surface area contributed by atoms with Crippen LogP contribution in [-0.4, -0.2) is 48.1 Å². The van der Waals surface area contributed by atoms with Crippen molar-refractivity contribution in [3.05, 3.63) is 64.4 Å². The number of carbonyl (C=O) groups is 5. The lowest BCUT2D eigenvalue weighted by atomic mass is 9.88. The second-order valence-electron chi connectivity index (χ2n) is 9.84. The van der Waals surface area contributed by atoms with E-state index in [9.17, 15) is 28.4 Å². The van der Waals surface area contributed by atoms with Gasteiger partial charge in [-0.25, -0.2) is 13.6 Å². The maximum Gasteiger partial charge on any atom is 0.322 e. The van der Waals surface area contributed by atoms with Gasteiger partial charge < -0.3 is 24.7 Å². The Bertz CT molecular complexity index is 1670. The number of urea groups is 1. The molecule has 11 nitrogen and oxygen atoms in total. The van der Waals surface area contributed by atoms with Gasteiger partial charge in [-0.15, -0.1) is 0 Å². The van der Waals surface area contributed by atoms with Crippen molar-refractivity contribution >= 4 is 40.5 Å². The molecule has 0 bridgehead atoms. The van der Waals surface area contributed by atoms with E-state index in [2.05, 4.69) is 16.0 Å². The first-order valence-electron chi connectivity index (χ1n) is 11.8. The highest BCUT2D eigenvalue weighted by Crippen LogP contribution is 2.38. The number of imide groups is 1. The van der Waals surface area contributed by atoms with Gasteiger partial charge in [-0.3, -0.25) is 24.5 Å². The molecule has 13 heteroatoms. The average molecular weight is 538 g/mol. The van der Waals surface area contributed by atoms with Crippen molar-refractivity contribution in [3.8, 4) is 5.75 Å². The molecule has 0 unspecified atom stereocenters. The molecule has 1 aromatic heterocycles. The molecule has 2 aromatic carbocycles. The molecule has 2 fully saturated rings. The minimum Gasteiger partial charge on any atom is -0.494 e. The highest BCUT2D eigenvalue weighted by Gasteiger charge is 2.53. The molecule has 2 atom stereocenters. The Labute approximate surface area is 218 Å². The number of hydrogen-bond acceptors (Lipinski definition) is 7. The molecule has 5 amide bonds. The fraction of sp³-hybridized carbons (Fsp3) is 0.269. The van der Waals surface area contributed by atoms with Crippen LogP contribution in [0.4, 0.5) is 13.6 Å². The Morgan fingerprint density at radius 3 is 2.49 bits per heavy atom. The lowest BCUT2D eigenvalue weighted by molar-refractivity contribution is -0.125. The smallest absolute Gasteiger partial charge is 0.322 e. The molecule has 0 radical (unpaired) electrons. The van der Waals surface area contributed by atoms with Crippen molar-refractivity contribution in [2.24, 2.45) is 0 Å². The Kier molecular flexibility index (Phi) is 5.09. The lowest BCUT2D eigenvalue weighted by Crippen LogP contribution is -2.52. The first-order valence-corrected chi connectivity index (χ1v) is 11.8. The van der Waals surface area contributed by atoms with Crippen LogP contribution in [0.5, 0.6) is 5.75 Å². The number of halogens is 2. The van der Waals surface area contributed by atoms with Crippen LogP contribution in [0.15, 0.2) is 34.7 Å². The van der Waals surface area contributed by atoms with Gasteiger partial charge in [0.25, 0.3) is 11.8 Å². The number of hydrogen-bond donors (Lipinski definition) is 3. The Morgan fingerprint density at radius 1 is 1.08 bits per heavy atom. The molecule has 200 valence electrons. The molecule has 0 aliphatic carbocycles. The zero-order valence-electron chi connectivity index (χ0n) is 20.6. The number of nitrogens with zero attached hydrogens (tertiary/aromatic N) is 1. The van der Waals surface area contributed by atoms with Crippen molar-refractivity contribution < 1.29 is 41.9 Å². The highest BCUT2D eigenvalue weighted by molar-refractivity contribution is 6.11. The van der Waals surface area contributed by atoms with Crippen molar-refractivity contribution in [1.82, 2.24) is 20.9 Å². The first-order chi connectivity index (χ1) is 18.5. The maximum absolute atomic E-state index is 15.2. The number of nitrogens with one attached hydrogen (secondary N) is 3. The van der Waals surface area contributed by atoms with Gasteiger partial charge in [0.1, 0.15) is 22.7 Å². The van der Waals surface area contributed by atoms with E-state index in [1.807, 2.05) is 0 Å². The third-order valence-electron chi connectivity index (χ3n) is 7.48. The summed E-state index contributed by atoms with van der Waals surface area (Å²) in [6.45, 7) is 0.906. The van der Waals surface area contributed by atoms with E-state index in [1.54, 1.807) is 0 Å². The fourth-order valence-corrected chi connectivity index (χ4v) is 5.41. The molecule has 2 saturated heterocycles. The summed E-state index contributed by atoms with van der Waals surface area (Å²) >= 11 is 0. The van der Waals surface area contributed by atoms with Crippen LogP contribution in [0.25, 0.3) is 11.0 Å². The quantitative estimate of drug-likeness (QED) is 0.331. The predicted octanol–water partition coefficient (Wildman–Crippen LogP) is 1.71. The fourth-order valence-electron chi connectivity index (χ4n) is 5.41. The number of benzene rings is 2. The normalized spacial score (nSPS) is 24.3. The van der Waals surface area contributed by atoms with E-state index in [4.69, 9.17) is 9.15 Å². The topological polar surface area (TPSA) is 147 Å². The van der Waals surface area contributed by atoms with Crippen LogP contribution in [0.1, 0.15) is 40.6 Å². The molecule has 0 spiro atoms. The number of ether oxygens (including phenoxy) is 1. The minimum atomic E-state index is -1.92. The van der Waals surface area contributed by atoms with Gasteiger partial charge in [0, 0.05) is 23.6 Å². The van der Waals surface area contributed by atoms with Crippen LogP contribution in [-0.2, 0) is 32.0 Å². The molecule has 39 heavy (non-hydrogen) atoms. The summed E-state index contributed by atoms with van der Waals surface area (Å²) in [6.07, 6.45) is -0.390. The predicted molar refractivity (Wildman–Crippen MR) is 127 cm³/mol. The number of methoxy groups -OCH3 is 1. The van der Waals surface area contributed by atoms with Crippen molar-refractivity contribution in [1.29, 1.82) is 0 Å². The van der Waals surface area contributed by atoms with E-state index in [0.717, 1.165) is 6.07 Å². The van der Waals surface area contributed by atoms with Crippen LogP contribution < -0.4 is 20.7 Å². The number of rotatable bonds is 5. The largest absolute Gasteiger partial charge is 0.494 e. The number of Topliss-reactive ketones (excluding diaryl/α,β-unsaturated/α-hetero) is 1. The summed E-state index contributed by atoms with van der Waals surface area (Å²) < 4.78 is 40.8. The number of carbonyl (C=O) groups excluding carboxylic acids is 5. The monoisotopic (exact) mass is 538 g/mol. The summed E-state index contributed by atoms with van der Waals surface area (Å²) in [5.41, 5.74) is -3.46. The van der Waals surface area contributed by atoms with Crippen molar-refractivity contribution in [2.45, 2.75) is 31.0 Å². The highest BCUT2D eigenvalue weighted by atomic mass is 19.1. The molecular weight excluding hydrogens is 518 g/mol. The first kappa shape index (κ1) is 24.5. The summed E-state index contributed by atoms with van der Waals surface area (Å²) in [5, 5.41) is 7.40. The minimum absolute atomic E-state index is 0.00763. The van der Waals surface area contributed by atoms with E-state index in [-0.39, 0.29) is 40.2 Å². The van der Waals surface area contributed by atoms with E-state index in [0.29, 0.717) is 5.56 Å². The van der Waals surface area contributed by atoms with Crippen molar-refractivity contribution in [3.63, 3.8) is 0 Å². The van der Waals surface area contributed by atoms with Gasteiger partial charge in [-0.2, -0.15) is 0 Å². The molecule has 3 aliphatic heterocycles. The number of amides is 5. The number of fused-ring (bicyclic) bond motifs is 2. The van der Waals surface area contributed by atoms with Gasteiger partial charge in [0.2, 0.25) is 5.91 Å². The third-order valence-corrected chi connectivity index (χ3v) is 7.48. The molecule has 3 N–H and O–H groups in total. The molecule has 3 aromatic rings. The van der Waals surface area contributed by atoms with Crippen molar-refractivity contribution in [2.75, 3.05) is 13.7 Å². The molecule has 6 rings (SSSR count). The standard InChI is InChI=1S/C26H20F2N4O7/c1-25(17(33)8-19(34)30-25)13-5-12-6-18(39-16(12)7-14(13)27)26(23(36)29-24(37)31-26)10-32-9-11-3-4-15(38-2)21(28)20(11)22(32)35/h3-7H,8-10H2,1-2H3,(H,30,34)(H2,29,31,36,37)/t25-,26+/m0/s1. The average Bonchev–Trinajstić information content (AvgIpc) is 3.58. The number of ketones is 1. The second-order valence-corrected chi connectivity index (χ2v) is 9.84. The van der Waals surface area contributed by atoms with Crippen LogP contribution >= 0.6 is 0 Å². The van der Waals surface area contributed by atoms with E-state index >= 15 is 4.39 Å². The zero-order valence-corrected chi connectivity index (χ0v) is 20.6. The molecule has 0 saturated carbocycles. The summed E-state index contributed by atoms with van der Waals surface area (Å²) in [6, 6.07) is 5.78. The summed E-state index contributed by atoms with van der Waals surface area (Å²) in [4.78, 5) is 64.0. The summed E-state index contributed by atoms with van der Waals surface area (Å²) in [7, 11) is 1.27.